The zero-order valence-corrected chi connectivity index (χ0v) is 15.5. The van der Waals surface area contributed by atoms with Crippen molar-refractivity contribution in [2.45, 2.75) is 38.4 Å². The fourth-order valence-electron chi connectivity index (χ4n) is 3.18. The lowest BCUT2D eigenvalue weighted by Crippen LogP contribution is -2.43. The number of esters is 1. The molecule has 2 heterocycles. The van der Waals surface area contributed by atoms with Crippen molar-refractivity contribution >= 4 is 17.8 Å². The monoisotopic (exact) mass is 402 g/mol. The molecule has 0 aliphatic carbocycles. The van der Waals surface area contributed by atoms with Crippen molar-refractivity contribution in [3.05, 3.63) is 29.6 Å². The van der Waals surface area contributed by atoms with E-state index in [1.54, 1.807) is 6.92 Å². The van der Waals surface area contributed by atoms with Gasteiger partial charge >= 0.3 is 18.2 Å². The molecule has 0 N–H and O–H groups in total. The number of likely N-dealkylation sites (tertiary alicyclic amines) is 1. The maximum atomic E-state index is 12.7. The lowest BCUT2D eigenvalue weighted by atomic mass is 9.84. The molecule has 1 saturated heterocycles. The molecule has 0 radical (unpaired) electrons. The number of carbonyl (C=O) groups excluding carboxylic acids is 3. The Bertz CT molecular complexity index is 721. The number of amides is 1. The highest BCUT2D eigenvalue weighted by molar-refractivity contribution is 5.96. The van der Waals surface area contributed by atoms with Crippen LogP contribution in [0.1, 0.15) is 43.5 Å². The lowest BCUT2D eigenvalue weighted by Gasteiger charge is -2.38. The van der Waals surface area contributed by atoms with E-state index in [0.717, 1.165) is 12.3 Å². The predicted octanol–water partition coefficient (Wildman–Crippen LogP) is 3.14. The second-order valence-electron chi connectivity index (χ2n) is 6.32. The van der Waals surface area contributed by atoms with Crippen LogP contribution in [0.2, 0.25) is 0 Å². The van der Waals surface area contributed by atoms with E-state index in [2.05, 4.69) is 4.98 Å². The van der Waals surface area contributed by atoms with E-state index in [-0.39, 0.29) is 31.8 Å². The summed E-state index contributed by atoms with van der Waals surface area (Å²) >= 11 is 0. The molecule has 1 aromatic rings. The van der Waals surface area contributed by atoms with Gasteiger partial charge in [-0.05, 0) is 31.4 Å². The van der Waals surface area contributed by atoms with Crippen LogP contribution >= 0.6 is 0 Å². The van der Waals surface area contributed by atoms with E-state index in [1.807, 2.05) is 0 Å². The average Bonchev–Trinajstić information content (AvgIpc) is 2.66. The van der Waals surface area contributed by atoms with Crippen molar-refractivity contribution in [3.8, 4) is 0 Å². The number of halogens is 3. The first-order chi connectivity index (χ1) is 13.2. The number of methoxy groups -OCH3 is 1. The number of alkyl halides is 3. The number of carbonyl (C=O) groups is 3. The van der Waals surface area contributed by atoms with Gasteiger partial charge in [-0.1, -0.05) is 6.07 Å². The maximum Gasteiger partial charge on any atom is 0.433 e. The average molecular weight is 402 g/mol. The largest absolute Gasteiger partial charge is 0.466 e. The summed E-state index contributed by atoms with van der Waals surface area (Å²) in [6, 6.07) is 1.37. The molecule has 0 aromatic carbocycles. The third-order valence-electron chi connectivity index (χ3n) is 4.55. The smallest absolute Gasteiger partial charge is 0.433 e. The summed E-state index contributed by atoms with van der Waals surface area (Å²) in [6.45, 7) is 1.95. The highest BCUT2D eigenvalue weighted by Crippen LogP contribution is 2.36. The summed E-state index contributed by atoms with van der Waals surface area (Å²) in [7, 11) is 1.20. The van der Waals surface area contributed by atoms with Crippen LogP contribution in [0.25, 0.3) is 0 Å². The van der Waals surface area contributed by atoms with E-state index < -0.39 is 35.9 Å². The van der Waals surface area contributed by atoms with Gasteiger partial charge in [0.15, 0.2) is 0 Å². The van der Waals surface area contributed by atoms with Gasteiger partial charge < -0.3 is 14.4 Å². The van der Waals surface area contributed by atoms with E-state index in [9.17, 15) is 27.6 Å². The molecule has 1 fully saturated rings. The number of hydrogen-bond acceptors (Lipinski definition) is 6. The van der Waals surface area contributed by atoms with E-state index >= 15 is 0 Å². The van der Waals surface area contributed by atoms with Gasteiger partial charge in [-0.25, -0.2) is 4.79 Å². The van der Waals surface area contributed by atoms with Crippen molar-refractivity contribution in [2.24, 2.45) is 5.92 Å². The normalized spacial score (nSPS) is 19.8. The Morgan fingerprint density at radius 2 is 2.00 bits per heavy atom. The summed E-state index contributed by atoms with van der Waals surface area (Å²) in [5.41, 5.74) is -0.696. The number of nitrogens with zero attached hydrogens (tertiary/aromatic N) is 2. The minimum atomic E-state index is -4.58. The quantitative estimate of drug-likeness (QED) is 0.556. The van der Waals surface area contributed by atoms with Crippen LogP contribution < -0.4 is 0 Å². The molecule has 28 heavy (non-hydrogen) atoms. The molecule has 154 valence electrons. The van der Waals surface area contributed by atoms with Crippen molar-refractivity contribution < 1.29 is 37.0 Å². The van der Waals surface area contributed by atoms with Crippen LogP contribution in [0.15, 0.2) is 18.3 Å². The number of piperidine rings is 1. The van der Waals surface area contributed by atoms with Gasteiger partial charge in [-0.15, -0.1) is 0 Å². The Hall–Kier alpha value is -2.65. The van der Waals surface area contributed by atoms with Gasteiger partial charge in [-0.2, -0.15) is 13.2 Å². The van der Waals surface area contributed by atoms with Gasteiger partial charge in [-0.3, -0.25) is 14.6 Å². The first-order valence-corrected chi connectivity index (χ1v) is 8.73. The van der Waals surface area contributed by atoms with Crippen molar-refractivity contribution in [1.29, 1.82) is 0 Å². The first-order valence-electron chi connectivity index (χ1n) is 8.73. The molecule has 2 rings (SSSR count). The number of ketones is 1. The third-order valence-corrected chi connectivity index (χ3v) is 4.55. The summed E-state index contributed by atoms with van der Waals surface area (Å²) in [5.74, 6) is -1.49. The SMILES string of the molecule is CCOC(=O)CC(=O)[C@@H]1CCN(C(=O)OC)[C@H](c2ccc(C(F)(F)F)nc2)C1. The maximum absolute atomic E-state index is 12.7. The highest BCUT2D eigenvalue weighted by Gasteiger charge is 2.38. The minimum Gasteiger partial charge on any atom is -0.466 e. The molecule has 0 unspecified atom stereocenters. The molecule has 1 aliphatic heterocycles. The number of pyridine rings is 1. The Morgan fingerprint density at radius 3 is 2.54 bits per heavy atom. The van der Waals surface area contributed by atoms with Crippen molar-refractivity contribution in [2.75, 3.05) is 20.3 Å². The molecule has 1 amide bonds. The standard InChI is InChI=1S/C18H21F3N2O5/c1-3-28-16(25)9-14(24)11-6-7-23(17(26)27-2)13(8-11)12-4-5-15(22-10-12)18(19,20)21/h4-5,10-11,13H,3,6-9H2,1-2H3/t11-,13+/m1/s1. The van der Waals surface area contributed by atoms with Gasteiger partial charge in [0.2, 0.25) is 0 Å². The van der Waals surface area contributed by atoms with Crippen LogP contribution in [0.3, 0.4) is 0 Å². The second kappa shape index (κ2) is 9.03. The summed E-state index contributed by atoms with van der Waals surface area (Å²) in [4.78, 5) is 40.8. The minimum absolute atomic E-state index is 0.153. The zero-order chi connectivity index (χ0) is 20.9. The molecular formula is C18H21F3N2O5. The number of Topliss-reactive ketones (excluding diaryl/α,β-unsaturated/α-hetero) is 1. The van der Waals surface area contributed by atoms with Crippen LogP contribution in [-0.4, -0.2) is 48.0 Å². The molecule has 2 atom stereocenters. The Morgan fingerprint density at radius 1 is 1.29 bits per heavy atom. The van der Waals surface area contributed by atoms with E-state index in [0.29, 0.717) is 12.0 Å². The lowest BCUT2D eigenvalue weighted by molar-refractivity contribution is -0.147. The number of hydrogen-bond donors (Lipinski definition) is 0. The van der Waals surface area contributed by atoms with Gasteiger partial charge in [0.25, 0.3) is 0 Å². The Kier molecular flexibility index (Phi) is 6.98. The number of rotatable bonds is 5. The molecule has 10 heteroatoms. The zero-order valence-electron chi connectivity index (χ0n) is 15.5. The fraction of sp³-hybridized carbons (Fsp3) is 0.556. The van der Waals surface area contributed by atoms with Crippen molar-refractivity contribution in [3.63, 3.8) is 0 Å². The summed E-state index contributed by atoms with van der Waals surface area (Å²) in [6.07, 6.45) is -4.10. The van der Waals surface area contributed by atoms with Crippen LogP contribution in [0.4, 0.5) is 18.0 Å². The summed E-state index contributed by atoms with van der Waals surface area (Å²) in [5, 5.41) is 0. The number of aromatic nitrogens is 1. The topological polar surface area (TPSA) is 85.8 Å². The second-order valence-corrected chi connectivity index (χ2v) is 6.32. The molecule has 0 spiro atoms. The molecule has 7 nitrogen and oxygen atoms in total. The Balaban J connectivity index is 2.21. The number of ether oxygens (including phenoxy) is 2. The fourth-order valence-corrected chi connectivity index (χ4v) is 3.18. The predicted molar refractivity (Wildman–Crippen MR) is 90.1 cm³/mol. The summed E-state index contributed by atoms with van der Waals surface area (Å²) < 4.78 is 47.7. The molecule has 0 bridgehead atoms. The molecule has 1 aliphatic rings. The van der Waals surface area contributed by atoms with E-state index in [1.165, 1.54) is 18.1 Å². The molecule has 0 saturated carbocycles. The van der Waals surface area contributed by atoms with Crippen LogP contribution in [0, 0.1) is 5.92 Å². The molecule has 1 aromatic heterocycles. The van der Waals surface area contributed by atoms with Crippen LogP contribution in [-0.2, 0) is 25.2 Å². The van der Waals surface area contributed by atoms with E-state index in [4.69, 9.17) is 9.47 Å². The Labute approximate surface area is 159 Å². The molecular weight excluding hydrogens is 381 g/mol. The van der Waals surface area contributed by atoms with Gasteiger partial charge in [0.05, 0.1) is 19.8 Å². The van der Waals surface area contributed by atoms with Gasteiger partial charge in [0.1, 0.15) is 17.9 Å². The van der Waals surface area contributed by atoms with Gasteiger partial charge in [0, 0.05) is 18.7 Å². The van der Waals surface area contributed by atoms with Crippen molar-refractivity contribution in [1.82, 2.24) is 9.88 Å². The van der Waals surface area contributed by atoms with Crippen LogP contribution in [0.5, 0.6) is 0 Å². The highest BCUT2D eigenvalue weighted by atomic mass is 19.4. The first kappa shape index (κ1) is 21.6. The third kappa shape index (κ3) is 5.20.